The monoisotopic (exact) mass is 541 g/mol. The normalized spacial score (nSPS) is 15.6. The molecule has 1 atom stereocenters. The van der Waals surface area contributed by atoms with Crippen molar-refractivity contribution in [3.8, 4) is 17.1 Å². The average Bonchev–Trinajstić information content (AvgIpc) is 3.35. The number of ether oxygens (including phenoxy) is 3. The lowest BCUT2D eigenvalue weighted by Gasteiger charge is -2.33. The summed E-state index contributed by atoms with van der Waals surface area (Å²) in [5.41, 5.74) is 1.44. The van der Waals surface area contributed by atoms with Crippen molar-refractivity contribution in [2.24, 2.45) is 0 Å². The van der Waals surface area contributed by atoms with Gasteiger partial charge in [0.15, 0.2) is 11.6 Å². The topological polar surface area (TPSA) is 134 Å². The summed E-state index contributed by atoms with van der Waals surface area (Å²) < 4.78 is 29.9. The second kappa shape index (κ2) is 11.7. The molecule has 3 aromatic rings. The Bertz CT molecular complexity index is 1340. The van der Waals surface area contributed by atoms with Crippen LogP contribution in [-0.4, -0.2) is 80.6 Å². The number of morpholine rings is 1. The lowest BCUT2D eigenvalue weighted by Crippen LogP contribution is -2.48. The standard InChI is InChI=1S/C26H32FN7O5/c1-16-10-18(12-21(29-16)24(35)28-13-17-6-7-20(27)22(11-17)37-5)23-30-32-34(31-23)15-19-14-33(8-9-38-19)25(36)39-26(2,3)4/h6-7,10-12,19H,8-9,13-15H2,1-5H3,(H,28,35)/t19-/m1/s1. The number of pyridine rings is 1. The molecule has 0 spiro atoms. The Kier molecular flexibility index (Phi) is 8.38. The van der Waals surface area contributed by atoms with Crippen molar-refractivity contribution in [2.45, 2.75) is 52.5 Å². The molecule has 1 fully saturated rings. The van der Waals surface area contributed by atoms with E-state index < -0.39 is 17.3 Å². The van der Waals surface area contributed by atoms with E-state index in [-0.39, 0.29) is 36.7 Å². The number of benzene rings is 1. The predicted octanol–water partition coefficient (Wildman–Crippen LogP) is 2.76. The Morgan fingerprint density at radius 2 is 2.03 bits per heavy atom. The van der Waals surface area contributed by atoms with Gasteiger partial charge >= 0.3 is 6.09 Å². The van der Waals surface area contributed by atoms with Gasteiger partial charge in [-0.25, -0.2) is 14.2 Å². The summed E-state index contributed by atoms with van der Waals surface area (Å²) in [5.74, 6) is -0.470. The van der Waals surface area contributed by atoms with E-state index in [0.29, 0.717) is 42.3 Å². The molecular weight excluding hydrogens is 509 g/mol. The number of amides is 2. The summed E-state index contributed by atoms with van der Waals surface area (Å²) in [7, 11) is 1.38. The average molecular weight is 542 g/mol. The van der Waals surface area contributed by atoms with Gasteiger partial charge < -0.3 is 24.4 Å². The fourth-order valence-electron chi connectivity index (χ4n) is 3.94. The quantitative estimate of drug-likeness (QED) is 0.479. The summed E-state index contributed by atoms with van der Waals surface area (Å²) in [6.07, 6.45) is -0.724. The highest BCUT2D eigenvalue weighted by Gasteiger charge is 2.29. The maximum Gasteiger partial charge on any atom is 0.410 e. The smallest absolute Gasteiger partial charge is 0.410 e. The van der Waals surface area contributed by atoms with E-state index in [0.717, 1.165) is 0 Å². The molecule has 1 N–H and O–H groups in total. The minimum atomic E-state index is -0.583. The number of carbonyl (C=O) groups excluding carboxylic acids is 2. The number of tetrazole rings is 1. The van der Waals surface area contributed by atoms with Crippen LogP contribution < -0.4 is 10.1 Å². The van der Waals surface area contributed by atoms with Crippen molar-refractivity contribution in [1.29, 1.82) is 0 Å². The van der Waals surface area contributed by atoms with Gasteiger partial charge in [-0.15, -0.1) is 10.2 Å². The number of nitrogens with zero attached hydrogens (tertiary/aromatic N) is 6. The Labute approximate surface area is 225 Å². The molecule has 3 heterocycles. The second-order valence-corrected chi connectivity index (χ2v) is 10.1. The number of nitrogens with one attached hydrogen (secondary N) is 1. The lowest BCUT2D eigenvalue weighted by atomic mass is 10.1. The van der Waals surface area contributed by atoms with E-state index >= 15 is 0 Å². The third-order valence-electron chi connectivity index (χ3n) is 5.72. The number of aromatic nitrogens is 5. The third-order valence-corrected chi connectivity index (χ3v) is 5.72. The SMILES string of the molecule is COc1cc(CNC(=O)c2cc(-c3nnn(C[C@H]4CN(C(=O)OC(C)(C)C)CCO4)n3)cc(C)n2)ccc1F. The van der Waals surface area contributed by atoms with Crippen LogP contribution in [0.2, 0.25) is 0 Å². The molecule has 0 aliphatic carbocycles. The van der Waals surface area contributed by atoms with Gasteiger partial charge in [0.1, 0.15) is 11.3 Å². The van der Waals surface area contributed by atoms with Gasteiger partial charge in [0.05, 0.1) is 32.9 Å². The first-order chi connectivity index (χ1) is 18.5. The first-order valence-corrected chi connectivity index (χ1v) is 12.5. The van der Waals surface area contributed by atoms with Crippen LogP contribution >= 0.6 is 0 Å². The number of methoxy groups -OCH3 is 1. The van der Waals surface area contributed by atoms with Crippen molar-refractivity contribution in [3.05, 3.63) is 53.1 Å². The van der Waals surface area contributed by atoms with Gasteiger partial charge in [-0.2, -0.15) is 4.80 Å². The summed E-state index contributed by atoms with van der Waals surface area (Å²) in [4.78, 5) is 32.6. The van der Waals surface area contributed by atoms with Crippen LogP contribution in [0.15, 0.2) is 30.3 Å². The summed E-state index contributed by atoms with van der Waals surface area (Å²) in [6, 6.07) is 7.71. The molecule has 12 nitrogen and oxygen atoms in total. The van der Waals surface area contributed by atoms with E-state index in [2.05, 4.69) is 25.7 Å². The van der Waals surface area contributed by atoms with Crippen molar-refractivity contribution < 1.29 is 28.2 Å². The summed E-state index contributed by atoms with van der Waals surface area (Å²) in [6.45, 7) is 8.82. The van der Waals surface area contributed by atoms with Gasteiger partial charge in [-0.05, 0) is 62.7 Å². The van der Waals surface area contributed by atoms with Gasteiger partial charge in [-0.3, -0.25) is 4.79 Å². The minimum Gasteiger partial charge on any atom is -0.494 e. The molecule has 1 saturated heterocycles. The molecule has 2 amide bonds. The fourth-order valence-corrected chi connectivity index (χ4v) is 3.94. The number of aryl methyl sites for hydroxylation is 1. The number of hydrogen-bond donors (Lipinski definition) is 1. The Morgan fingerprint density at radius 3 is 2.77 bits per heavy atom. The molecule has 0 radical (unpaired) electrons. The maximum atomic E-state index is 13.7. The number of halogens is 1. The zero-order chi connectivity index (χ0) is 28.2. The van der Waals surface area contributed by atoms with Gasteiger partial charge in [0.25, 0.3) is 5.91 Å². The maximum absolute atomic E-state index is 13.7. The number of hydrogen-bond acceptors (Lipinski definition) is 9. The molecule has 1 aliphatic heterocycles. The molecule has 1 aliphatic rings. The van der Waals surface area contributed by atoms with E-state index in [4.69, 9.17) is 14.2 Å². The highest BCUT2D eigenvalue weighted by atomic mass is 19.1. The van der Waals surface area contributed by atoms with Crippen LogP contribution in [-0.2, 0) is 22.6 Å². The van der Waals surface area contributed by atoms with Gasteiger partial charge in [0, 0.05) is 24.3 Å². The molecule has 0 unspecified atom stereocenters. The Hall–Kier alpha value is -4.13. The van der Waals surface area contributed by atoms with E-state index in [1.165, 1.54) is 24.0 Å². The largest absolute Gasteiger partial charge is 0.494 e. The van der Waals surface area contributed by atoms with Crippen LogP contribution in [0.3, 0.4) is 0 Å². The van der Waals surface area contributed by atoms with Crippen LogP contribution in [0, 0.1) is 12.7 Å². The Balaban J connectivity index is 1.40. The van der Waals surface area contributed by atoms with Crippen LogP contribution in [0.1, 0.15) is 42.5 Å². The molecule has 1 aromatic carbocycles. The number of rotatable bonds is 7. The molecule has 13 heteroatoms. The van der Waals surface area contributed by atoms with Crippen molar-refractivity contribution in [2.75, 3.05) is 26.8 Å². The minimum absolute atomic E-state index is 0.100. The highest BCUT2D eigenvalue weighted by Crippen LogP contribution is 2.20. The number of carbonyl (C=O) groups is 2. The molecular formula is C26H32FN7O5. The first kappa shape index (κ1) is 27.9. The Morgan fingerprint density at radius 1 is 1.23 bits per heavy atom. The van der Waals surface area contributed by atoms with Crippen LogP contribution in [0.5, 0.6) is 5.75 Å². The van der Waals surface area contributed by atoms with Crippen LogP contribution in [0.4, 0.5) is 9.18 Å². The molecule has 4 rings (SSSR count). The van der Waals surface area contributed by atoms with Gasteiger partial charge in [0.2, 0.25) is 5.82 Å². The van der Waals surface area contributed by atoms with Crippen molar-refractivity contribution in [3.63, 3.8) is 0 Å². The molecule has 208 valence electrons. The predicted molar refractivity (Wildman–Crippen MR) is 137 cm³/mol. The summed E-state index contributed by atoms with van der Waals surface area (Å²) >= 11 is 0. The molecule has 39 heavy (non-hydrogen) atoms. The highest BCUT2D eigenvalue weighted by molar-refractivity contribution is 5.93. The second-order valence-electron chi connectivity index (χ2n) is 10.1. The van der Waals surface area contributed by atoms with E-state index in [1.807, 2.05) is 20.8 Å². The zero-order valence-corrected chi connectivity index (χ0v) is 22.6. The summed E-state index contributed by atoms with van der Waals surface area (Å²) in [5, 5.41) is 15.5. The zero-order valence-electron chi connectivity index (χ0n) is 22.6. The van der Waals surface area contributed by atoms with Crippen molar-refractivity contribution in [1.82, 2.24) is 35.4 Å². The molecule has 0 bridgehead atoms. The fraction of sp³-hybridized carbons (Fsp3) is 0.462. The van der Waals surface area contributed by atoms with E-state index in [9.17, 15) is 14.0 Å². The van der Waals surface area contributed by atoms with Gasteiger partial charge in [-0.1, -0.05) is 6.07 Å². The van der Waals surface area contributed by atoms with Crippen molar-refractivity contribution >= 4 is 12.0 Å². The third kappa shape index (κ3) is 7.47. The molecule has 0 saturated carbocycles. The lowest BCUT2D eigenvalue weighted by molar-refractivity contribution is -0.0497. The van der Waals surface area contributed by atoms with E-state index in [1.54, 1.807) is 30.0 Å². The van der Waals surface area contributed by atoms with Crippen LogP contribution in [0.25, 0.3) is 11.4 Å². The molecule has 2 aromatic heterocycles. The first-order valence-electron chi connectivity index (χ1n) is 12.5.